The van der Waals surface area contributed by atoms with E-state index in [2.05, 4.69) is 6.92 Å². The molecule has 0 heterocycles. The lowest BCUT2D eigenvalue weighted by Crippen LogP contribution is -2.05. The van der Waals surface area contributed by atoms with Gasteiger partial charge in [0.25, 0.3) is 0 Å². The van der Waals surface area contributed by atoms with E-state index in [1.165, 1.54) is 0 Å². The summed E-state index contributed by atoms with van der Waals surface area (Å²) >= 11 is 0. The summed E-state index contributed by atoms with van der Waals surface area (Å²) in [6.45, 7) is 5.01. The van der Waals surface area contributed by atoms with Gasteiger partial charge < -0.3 is 9.47 Å². The van der Waals surface area contributed by atoms with Gasteiger partial charge in [-0.15, -0.1) is 0 Å². The fraction of sp³-hybridized carbons (Fsp3) is 0.636. The van der Waals surface area contributed by atoms with Crippen LogP contribution < -0.4 is 0 Å². The van der Waals surface area contributed by atoms with Gasteiger partial charge in [-0.1, -0.05) is 63.3 Å². The molecule has 0 aliphatic rings. The number of carbonyl (C=O) groups excluding carboxylic acids is 2. The maximum atomic E-state index is 11.8. The first-order valence-electron chi connectivity index (χ1n) is 9.99. The van der Waals surface area contributed by atoms with Crippen LogP contribution >= 0.6 is 0 Å². The molecule has 4 heteroatoms. The summed E-state index contributed by atoms with van der Waals surface area (Å²) in [6.07, 6.45) is 9.02. The van der Waals surface area contributed by atoms with Crippen LogP contribution in [0.4, 0.5) is 0 Å². The van der Waals surface area contributed by atoms with Crippen molar-refractivity contribution < 1.29 is 19.1 Å². The molecule has 0 aliphatic heterocycles. The lowest BCUT2D eigenvalue weighted by molar-refractivity contribution is -0.145. The quantitative estimate of drug-likeness (QED) is 0.324. The molecule has 1 rings (SSSR count). The number of esters is 2. The minimum Gasteiger partial charge on any atom is -0.466 e. The standard InChI is InChI=1S/C22H34O4/c1-3-4-17-25-21(23)15-9-7-5-6-8-10-16-22(24)26-18-20-14-12-11-13-19(20)2/h11-14H,3-10,15-18H2,1-2H3. The zero-order valence-corrected chi connectivity index (χ0v) is 16.4. The van der Waals surface area contributed by atoms with Crippen molar-refractivity contribution in [3.63, 3.8) is 0 Å². The van der Waals surface area contributed by atoms with E-state index in [4.69, 9.17) is 9.47 Å². The third-order valence-electron chi connectivity index (χ3n) is 4.42. The summed E-state index contributed by atoms with van der Waals surface area (Å²) in [5, 5.41) is 0. The minimum atomic E-state index is -0.122. The first kappa shape index (κ1) is 22.2. The summed E-state index contributed by atoms with van der Waals surface area (Å²) in [6, 6.07) is 7.95. The highest BCUT2D eigenvalue weighted by atomic mass is 16.5. The molecule has 0 amide bonds. The van der Waals surface area contributed by atoms with Crippen molar-refractivity contribution in [2.24, 2.45) is 0 Å². The molecule has 0 aliphatic carbocycles. The van der Waals surface area contributed by atoms with Crippen LogP contribution in [-0.2, 0) is 25.7 Å². The number of unbranched alkanes of at least 4 members (excludes halogenated alkanes) is 6. The zero-order valence-electron chi connectivity index (χ0n) is 16.4. The molecule has 0 radical (unpaired) electrons. The monoisotopic (exact) mass is 362 g/mol. The predicted octanol–water partition coefficient (Wildman–Crippen LogP) is 5.50. The molecule has 0 aromatic heterocycles. The third-order valence-corrected chi connectivity index (χ3v) is 4.42. The summed E-state index contributed by atoms with van der Waals surface area (Å²) in [7, 11) is 0. The number of aryl methyl sites for hydroxylation is 1. The van der Waals surface area contributed by atoms with E-state index in [0.717, 1.165) is 62.5 Å². The number of hydrogen-bond acceptors (Lipinski definition) is 4. The lowest BCUT2D eigenvalue weighted by Gasteiger charge is -2.07. The highest BCUT2D eigenvalue weighted by Gasteiger charge is 2.05. The number of rotatable bonds is 14. The first-order valence-corrected chi connectivity index (χ1v) is 9.99. The summed E-state index contributed by atoms with van der Waals surface area (Å²) in [5.41, 5.74) is 2.21. The highest BCUT2D eigenvalue weighted by Crippen LogP contribution is 2.12. The summed E-state index contributed by atoms with van der Waals surface area (Å²) in [4.78, 5) is 23.2. The van der Waals surface area contributed by atoms with Gasteiger partial charge in [-0.2, -0.15) is 0 Å². The van der Waals surface area contributed by atoms with Gasteiger partial charge in [0.2, 0.25) is 0 Å². The molecule has 4 nitrogen and oxygen atoms in total. The van der Waals surface area contributed by atoms with Crippen LogP contribution in [0.3, 0.4) is 0 Å². The average molecular weight is 363 g/mol. The Balaban J connectivity index is 1.93. The molecular formula is C22H34O4. The SMILES string of the molecule is CCCCOC(=O)CCCCCCCCC(=O)OCc1ccccc1C. The molecule has 26 heavy (non-hydrogen) atoms. The second kappa shape index (κ2) is 14.3. The van der Waals surface area contributed by atoms with Gasteiger partial charge in [-0.05, 0) is 37.3 Å². The molecule has 0 N–H and O–H groups in total. The van der Waals surface area contributed by atoms with E-state index in [1.807, 2.05) is 31.2 Å². The van der Waals surface area contributed by atoms with E-state index >= 15 is 0 Å². The van der Waals surface area contributed by atoms with Crippen LogP contribution in [0.2, 0.25) is 0 Å². The number of carbonyl (C=O) groups is 2. The smallest absolute Gasteiger partial charge is 0.306 e. The Kier molecular flexibility index (Phi) is 12.2. The largest absolute Gasteiger partial charge is 0.466 e. The van der Waals surface area contributed by atoms with Crippen LogP contribution in [0.1, 0.15) is 82.3 Å². The molecule has 1 aromatic rings. The van der Waals surface area contributed by atoms with Crippen molar-refractivity contribution in [2.75, 3.05) is 6.61 Å². The van der Waals surface area contributed by atoms with Gasteiger partial charge in [0.1, 0.15) is 6.61 Å². The second-order valence-electron chi connectivity index (χ2n) is 6.78. The number of ether oxygens (including phenoxy) is 2. The summed E-state index contributed by atoms with van der Waals surface area (Å²) < 4.78 is 10.5. The normalized spacial score (nSPS) is 10.5. The van der Waals surface area contributed by atoms with Crippen molar-refractivity contribution >= 4 is 11.9 Å². The van der Waals surface area contributed by atoms with E-state index in [-0.39, 0.29) is 11.9 Å². The number of hydrogen-bond donors (Lipinski definition) is 0. The first-order chi connectivity index (χ1) is 12.6. The van der Waals surface area contributed by atoms with Crippen molar-refractivity contribution in [2.45, 2.75) is 84.7 Å². The maximum absolute atomic E-state index is 11.8. The Labute approximate surface area is 158 Å². The molecule has 0 unspecified atom stereocenters. The van der Waals surface area contributed by atoms with E-state index < -0.39 is 0 Å². The molecule has 0 spiro atoms. The van der Waals surface area contributed by atoms with Crippen molar-refractivity contribution in [3.05, 3.63) is 35.4 Å². The number of benzene rings is 1. The Morgan fingerprint density at radius 2 is 1.38 bits per heavy atom. The van der Waals surface area contributed by atoms with Gasteiger partial charge in [0.05, 0.1) is 6.61 Å². The molecule has 0 saturated carbocycles. The van der Waals surface area contributed by atoms with Crippen molar-refractivity contribution in [1.82, 2.24) is 0 Å². The molecule has 0 atom stereocenters. The van der Waals surface area contributed by atoms with Crippen molar-refractivity contribution in [3.8, 4) is 0 Å². The second-order valence-corrected chi connectivity index (χ2v) is 6.78. The molecular weight excluding hydrogens is 328 g/mol. The van der Waals surface area contributed by atoms with Crippen LogP contribution in [0.15, 0.2) is 24.3 Å². The van der Waals surface area contributed by atoms with Gasteiger partial charge in [-0.3, -0.25) is 9.59 Å². The Bertz CT molecular complexity index is 525. The molecule has 146 valence electrons. The van der Waals surface area contributed by atoms with E-state index in [1.54, 1.807) is 0 Å². The van der Waals surface area contributed by atoms with Gasteiger partial charge in [-0.25, -0.2) is 0 Å². The Hall–Kier alpha value is -1.84. The fourth-order valence-electron chi connectivity index (χ4n) is 2.65. The third kappa shape index (κ3) is 10.9. The van der Waals surface area contributed by atoms with E-state index in [0.29, 0.717) is 26.1 Å². The Morgan fingerprint density at radius 1 is 0.808 bits per heavy atom. The molecule has 0 saturated heterocycles. The predicted molar refractivity (Wildman–Crippen MR) is 104 cm³/mol. The minimum absolute atomic E-state index is 0.0742. The van der Waals surface area contributed by atoms with Crippen LogP contribution in [0, 0.1) is 6.92 Å². The molecule has 1 aromatic carbocycles. The molecule has 0 fully saturated rings. The lowest BCUT2D eigenvalue weighted by atomic mass is 10.1. The zero-order chi connectivity index (χ0) is 19.0. The van der Waals surface area contributed by atoms with Crippen LogP contribution in [-0.4, -0.2) is 18.5 Å². The maximum Gasteiger partial charge on any atom is 0.306 e. The van der Waals surface area contributed by atoms with Crippen LogP contribution in [0.25, 0.3) is 0 Å². The summed E-state index contributed by atoms with van der Waals surface area (Å²) in [5.74, 6) is -0.196. The van der Waals surface area contributed by atoms with Gasteiger partial charge >= 0.3 is 11.9 Å². The van der Waals surface area contributed by atoms with Gasteiger partial charge in [0.15, 0.2) is 0 Å². The Morgan fingerprint density at radius 3 is 2.00 bits per heavy atom. The van der Waals surface area contributed by atoms with Crippen LogP contribution in [0.5, 0.6) is 0 Å². The average Bonchev–Trinajstić information content (AvgIpc) is 2.63. The van der Waals surface area contributed by atoms with E-state index in [9.17, 15) is 9.59 Å². The highest BCUT2D eigenvalue weighted by molar-refractivity contribution is 5.69. The molecule has 0 bridgehead atoms. The van der Waals surface area contributed by atoms with Gasteiger partial charge in [0, 0.05) is 12.8 Å². The van der Waals surface area contributed by atoms with Crippen molar-refractivity contribution in [1.29, 1.82) is 0 Å². The topological polar surface area (TPSA) is 52.6 Å². The fourth-order valence-corrected chi connectivity index (χ4v) is 2.65.